The van der Waals surface area contributed by atoms with E-state index in [-0.39, 0.29) is 12.3 Å². The van der Waals surface area contributed by atoms with Gasteiger partial charge in [0.2, 0.25) is 0 Å². The Morgan fingerprint density at radius 3 is 2.54 bits per heavy atom. The van der Waals surface area contributed by atoms with Crippen molar-refractivity contribution in [2.45, 2.75) is 39.2 Å². The van der Waals surface area contributed by atoms with Gasteiger partial charge in [0, 0.05) is 23.1 Å². The fourth-order valence-corrected chi connectivity index (χ4v) is 2.68. The van der Waals surface area contributed by atoms with Gasteiger partial charge >= 0.3 is 5.97 Å². The van der Waals surface area contributed by atoms with Crippen molar-refractivity contribution >= 4 is 11.9 Å². The number of para-hydroxylation sites is 1. The average Bonchev–Trinajstić information content (AvgIpc) is 2.61. The predicted molar refractivity (Wildman–Crippen MR) is 101 cm³/mol. The molecule has 0 saturated carbocycles. The van der Waals surface area contributed by atoms with Gasteiger partial charge in [0.1, 0.15) is 5.75 Å². The molecule has 2 aromatic carbocycles. The van der Waals surface area contributed by atoms with Crippen molar-refractivity contribution in [3.8, 4) is 16.9 Å². The second-order valence-electron chi connectivity index (χ2n) is 6.74. The summed E-state index contributed by atoms with van der Waals surface area (Å²) in [6, 6.07) is 15.0. The van der Waals surface area contributed by atoms with E-state index >= 15 is 0 Å². The van der Waals surface area contributed by atoms with E-state index in [0.717, 1.165) is 16.9 Å². The number of ether oxygens (including phenoxy) is 1. The lowest BCUT2D eigenvalue weighted by Gasteiger charge is -2.25. The lowest BCUT2D eigenvalue weighted by atomic mass is 9.97. The number of rotatable bonds is 8. The summed E-state index contributed by atoms with van der Waals surface area (Å²) in [5.41, 5.74) is 1.74. The van der Waals surface area contributed by atoms with E-state index in [1.807, 2.05) is 63.2 Å². The highest BCUT2D eigenvalue weighted by Gasteiger charge is 2.22. The molecule has 5 heteroatoms. The number of nitrogens with one attached hydrogen (secondary N) is 1. The Bertz CT molecular complexity index is 783. The molecule has 0 aliphatic heterocycles. The van der Waals surface area contributed by atoms with Gasteiger partial charge in [-0.1, -0.05) is 30.3 Å². The normalized spacial score (nSPS) is 11.0. The van der Waals surface area contributed by atoms with Crippen molar-refractivity contribution in [1.82, 2.24) is 5.32 Å². The summed E-state index contributed by atoms with van der Waals surface area (Å²) in [7, 11) is 0. The van der Waals surface area contributed by atoms with Gasteiger partial charge in [-0.05, 0) is 51.0 Å². The Kier molecular flexibility index (Phi) is 6.39. The van der Waals surface area contributed by atoms with E-state index in [1.165, 1.54) is 0 Å². The van der Waals surface area contributed by atoms with Gasteiger partial charge in [-0.25, -0.2) is 0 Å². The average molecular weight is 355 g/mol. The van der Waals surface area contributed by atoms with Gasteiger partial charge in [0.15, 0.2) is 0 Å². The molecule has 0 aliphatic carbocycles. The third kappa shape index (κ3) is 5.34. The van der Waals surface area contributed by atoms with Crippen LogP contribution in [0.4, 0.5) is 0 Å². The van der Waals surface area contributed by atoms with Crippen LogP contribution in [-0.4, -0.2) is 29.1 Å². The quantitative estimate of drug-likeness (QED) is 0.747. The lowest BCUT2D eigenvalue weighted by molar-refractivity contribution is -0.137. The van der Waals surface area contributed by atoms with Crippen molar-refractivity contribution < 1.29 is 19.4 Å². The predicted octanol–water partition coefficient (Wildman–Crippen LogP) is 4.13. The highest BCUT2D eigenvalue weighted by molar-refractivity contribution is 5.96. The summed E-state index contributed by atoms with van der Waals surface area (Å²) < 4.78 is 5.67. The van der Waals surface area contributed by atoms with Crippen LogP contribution in [0.5, 0.6) is 5.75 Å². The number of carboxylic acids is 1. The molecule has 5 nitrogen and oxygen atoms in total. The first-order valence-electron chi connectivity index (χ1n) is 8.69. The fraction of sp³-hybridized carbons (Fsp3) is 0.333. The molecule has 0 aromatic heterocycles. The van der Waals surface area contributed by atoms with E-state index < -0.39 is 11.5 Å². The number of benzene rings is 2. The van der Waals surface area contributed by atoms with E-state index in [0.29, 0.717) is 18.6 Å². The molecular formula is C21H25NO4. The minimum absolute atomic E-state index is 0.00898. The molecule has 138 valence electrons. The Morgan fingerprint density at radius 2 is 1.85 bits per heavy atom. The molecule has 2 aromatic rings. The van der Waals surface area contributed by atoms with Crippen LogP contribution in [0.15, 0.2) is 48.5 Å². The van der Waals surface area contributed by atoms with Gasteiger partial charge in [0.05, 0.1) is 6.61 Å². The van der Waals surface area contributed by atoms with Crippen molar-refractivity contribution in [3.05, 3.63) is 54.1 Å². The van der Waals surface area contributed by atoms with Crippen LogP contribution in [0.1, 0.15) is 44.0 Å². The molecule has 0 fully saturated rings. The van der Waals surface area contributed by atoms with Crippen molar-refractivity contribution in [2.24, 2.45) is 0 Å². The van der Waals surface area contributed by atoms with Crippen LogP contribution in [0.2, 0.25) is 0 Å². The second kappa shape index (κ2) is 8.52. The molecular weight excluding hydrogens is 330 g/mol. The number of carbonyl (C=O) groups is 2. The maximum Gasteiger partial charge on any atom is 0.303 e. The standard InChI is InChI=1S/C21H25NO4/c1-4-26-18-11-6-5-10-17(18)15-8-7-9-16(14-15)20(25)22-21(2,3)13-12-19(23)24/h5-11,14H,4,12-13H2,1-3H3,(H,22,25)(H,23,24). The zero-order valence-electron chi connectivity index (χ0n) is 15.4. The van der Waals surface area contributed by atoms with Gasteiger partial charge in [0.25, 0.3) is 5.91 Å². The third-order valence-corrected chi connectivity index (χ3v) is 4.04. The van der Waals surface area contributed by atoms with Crippen LogP contribution in [0, 0.1) is 0 Å². The van der Waals surface area contributed by atoms with E-state index in [9.17, 15) is 9.59 Å². The van der Waals surface area contributed by atoms with Crippen LogP contribution >= 0.6 is 0 Å². The van der Waals surface area contributed by atoms with Crippen LogP contribution in [0.3, 0.4) is 0 Å². The number of hydrogen-bond donors (Lipinski definition) is 2. The Labute approximate surface area is 154 Å². The molecule has 0 saturated heterocycles. The highest BCUT2D eigenvalue weighted by Crippen LogP contribution is 2.30. The number of amides is 1. The van der Waals surface area contributed by atoms with Gasteiger partial charge in [-0.2, -0.15) is 0 Å². The minimum atomic E-state index is -0.873. The molecule has 2 rings (SSSR count). The maximum absolute atomic E-state index is 12.6. The van der Waals surface area contributed by atoms with E-state index in [4.69, 9.17) is 9.84 Å². The fourth-order valence-electron chi connectivity index (χ4n) is 2.68. The number of carbonyl (C=O) groups excluding carboxylic acids is 1. The SMILES string of the molecule is CCOc1ccccc1-c1cccc(C(=O)NC(C)(C)CCC(=O)O)c1. The third-order valence-electron chi connectivity index (χ3n) is 4.04. The molecule has 0 radical (unpaired) electrons. The first-order valence-corrected chi connectivity index (χ1v) is 8.69. The van der Waals surface area contributed by atoms with Gasteiger partial charge in [-0.15, -0.1) is 0 Å². The highest BCUT2D eigenvalue weighted by atomic mass is 16.5. The summed E-state index contributed by atoms with van der Waals surface area (Å²) in [5, 5.41) is 11.7. The molecule has 0 aliphatic rings. The van der Waals surface area contributed by atoms with Gasteiger partial charge in [-0.3, -0.25) is 9.59 Å². The smallest absolute Gasteiger partial charge is 0.303 e. The first-order chi connectivity index (χ1) is 12.3. The molecule has 0 atom stereocenters. The molecule has 2 N–H and O–H groups in total. The largest absolute Gasteiger partial charge is 0.493 e. The number of hydrogen-bond acceptors (Lipinski definition) is 3. The topological polar surface area (TPSA) is 75.6 Å². The number of carboxylic acid groups (broad SMARTS) is 1. The lowest BCUT2D eigenvalue weighted by Crippen LogP contribution is -2.43. The summed E-state index contributed by atoms with van der Waals surface area (Å²) in [4.78, 5) is 23.4. The Hall–Kier alpha value is -2.82. The zero-order valence-corrected chi connectivity index (χ0v) is 15.4. The Morgan fingerprint density at radius 1 is 1.12 bits per heavy atom. The van der Waals surface area contributed by atoms with Crippen LogP contribution < -0.4 is 10.1 Å². The first kappa shape index (κ1) is 19.5. The zero-order chi connectivity index (χ0) is 19.2. The summed E-state index contributed by atoms with van der Waals surface area (Å²) in [5.74, 6) is -0.327. The summed E-state index contributed by atoms with van der Waals surface area (Å²) >= 11 is 0. The molecule has 0 heterocycles. The maximum atomic E-state index is 12.6. The van der Waals surface area contributed by atoms with Crippen molar-refractivity contribution in [3.63, 3.8) is 0 Å². The van der Waals surface area contributed by atoms with E-state index in [1.54, 1.807) is 6.07 Å². The summed E-state index contributed by atoms with van der Waals surface area (Å²) in [6.45, 7) is 6.14. The molecule has 0 unspecified atom stereocenters. The summed E-state index contributed by atoms with van der Waals surface area (Å²) in [6.07, 6.45) is 0.371. The minimum Gasteiger partial charge on any atom is -0.493 e. The molecule has 1 amide bonds. The van der Waals surface area contributed by atoms with E-state index in [2.05, 4.69) is 5.32 Å². The van der Waals surface area contributed by atoms with Crippen molar-refractivity contribution in [2.75, 3.05) is 6.61 Å². The van der Waals surface area contributed by atoms with Crippen LogP contribution in [-0.2, 0) is 4.79 Å². The van der Waals surface area contributed by atoms with Gasteiger partial charge < -0.3 is 15.2 Å². The molecule has 0 spiro atoms. The number of aliphatic carboxylic acids is 1. The molecule has 26 heavy (non-hydrogen) atoms. The van der Waals surface area contributed by atoms with Crippen LogP contribution in [0.25, 0.3) is 11.1 Å². The van der Waals surface area contributed by atoms with Crippen molar-refractivity contribution in [1.29, 1.82) is 0 Å². The monoisotopic (exact) mass is 355 g/mol. The Balaban J connectivity index is 2.21. The molecule has 0 bridgehead atoms. The second-order valence-corrected chi connectivity index (χ2v) is 6.74.